The molecule has 6 rings (SSSR count). The van der Waals surface area contributed by atoms with Crippen LogP contribution in [-0.4, -0.2) is 45.5 Å². The monoisotopic (exact) mass is 556 g/mol. The number of hydrogen-bond donors (Lipinski definition) is 0. The van der Waals surface area contributed by atoms with E-state index in [1.165, 1.54) is 6.07 Å². The van der Waals surface area contributed by atoms with Crippen LogP contribution < -0.4 is 0 Å². The lowest BCUT2D eigenvalue weighted by molar-refractivity contribution is -0.145. The number of carbonyl (C=O) groups excluding carboxylic acids is 1. The maximum atomic E-state index is 14.4. The SMILES string of the molecule is O=C(CCc1cc(-c2cnc(C(F)(F)F)nc2)c(F)cn1)[C@@H]1C2CC(C2)N1S(=O)(=O)c1ccc(F)c(F)c1. The number of alkyl halides is 3. The molecule has 4 heterocycles. The Morgan fingerprint density at radius 1 is 0.947 bits per heavy atom. The highest BCUT2D eigenvalue weighted by atomic mass is 32.2. The lowest BCUT2D eigenvalue weighted by Crippen LogP contribution is -2.41. The maximum absolute atomic E-state index is 14.4. The molecule has 0 N–H and O–H groups in total. The van der Waals surface area contributed by atoms with E-state index in [1.54, 1.807) is 0 Å². The molecule has 3 aliphatic rings. The van der Waals surface area contributed by atoms with Gasteiger partial charge >= 0.3 is 6.18 Å². The van der Waals surface area contributed by atoms with E-state index in [9.17, 15) is 39.6 Å². The predicted octanol–water partition coefficient (Wildman–Crippen LogP) is 4.33. The molecule has 0 unspecified atom stereocenters. The largest absolute Gasteiger partial charge is 0.451 e. The Balaban J connectivity index is 1.33. The van der Waals surface area contributed by atoms with Gasteiger partial charge in [0.1, 0.15) is 5.82 Å². The Kier molecular flexibility index (Phi) is 6.50. The fraction of sp³-hybridized carbons (Fsp3) is 0.333. The summed E-state index contributed by atoms with van der Waals surface area (Å²) in [5.74, 6) is -5.35. The molecule has 200 valence electrons. The summed E-state index contributed by atoms with van der Waals surface area (Å²) in [5, 5.41) is 0. The third-order valence-corrected chi connectivity index (χ3v) is 8.71. The zero-order valence-electron chi connectivity index (χ0n) is 19.3. The number of hydrogen-bond acceptors (Lipinski definition) is 6. The van der Waals surface area contributed by atoms with Crippen molar-refractivity contribution >= 4 is 15.8 Å². The van der Waals surface area contributed by atoms with Gasteiger partial charge in [0, 0.05) is 41.7 Å². The van der Waals surface area contributed by atoms with Crippen molar-refractivity contribution in [3.05, 3.63) is 71.8 Å². The summed E-state index contributed by atoms with van der Waals surface area (Å²) in [4.78, 5) is 23.1. The first-order valence-electron chi connectivity index (χ1n) is 11.4. The zero-order chi connectivity index (χ0) is 27.4. The number of sulfonamides is 1. The Bertz CT molecular complexity index is 1510. The van der Waals surface area contributed by atoms with E-state index in [2.05, 4.69) is 15.0 Å². The van der Waals surface area contributed by atoms with E-state index in [0.717, 1.165) is 29.0 Å². The number of aryl methyl sites for hydroxylation is 1. The van der Waals surface area contributed by atoms with Crippen molar-refractivity contribution in [1.82, 2.24) is 19.3 Å². The molecule has 38 heavy (non-hydrogen) atoms. The molecule has 7 nitrogen and oxygen atoms in total. The number of carbonyl (C=O) groups is 1. The highest BCUT2D eigenvalue weighted by Gasteiger charge is 2.58. The van der Waals surface area contributed by atoms with Gasteiger partial charge in [-0.3, -0.25) is 9.78 Å². The third kappa shape index (κ3) is 4.66. The van der Waals surface area contributed by atoms with Crippen LogP contribution in [0.5, 0.6) is 0 Å². The number of benzene rings is 1. The number of ketones is 1. The molecule has 1 aliphatic carbocycles. The molecule has 3 fully saturated rings. The average molecular weight is 556 g/mol. The van der Waals surface area contributed by atoms with Gasteiger partial charge < -0.3 is 0 Å². The quantitative estimate of drug-likeness (QED) is 0.403. The van der Waals surface area contributed by atoms with E-state index in [1.807, 2.05) is 0 Å². The molecule has 0 spiro atoms. The highest BCUT2D eigenvalue weighted by Crippen LogP contribution is 2.49. The first-order valence-corrected chi connectivity index (χ1v) is 12.9. The number of halogens is 6. The van der Waals surface area contributed by atoms with Crippen LogP contribution in [-0.2, 0) is 27.4 Å². The smallest absolute Gasteiger partial charge is 0.298 e. The van der Waals surface area contributed by atoms with E-state index >= 15 is 0 Å². The second kappa shape index (κ2) is 9.42. The standard InChI is InChI=1S/C24H18F6N4O3S/c25-18-3-2-16(8-19(18)26)38(36,37)34-15-5-12(6-15)22(34)21(35)4-1-14-7-17(20(27)11-31-14)13-9-32-23(33-10-13)24(28,29)30/h2-3,7-12,15,22H,1,4-6H2/t12?,15?,22-/m0/s1. The predicted molar refractivity (Wildman–Crippen MR) is 119 cm³/mol. The topological polar surface area (TPSA) is 93.1 Å². The second-order valence-corrected chi connectivity index (χ2v) is 11.0. The van der Waals surface area contributed by atoms with Gasteiger partial charge in [-0.25, -0.2) is 31.6 Å². The van der Waals surface area contributed by atoms with Crippen molar-refractivity contribution in [3.63, 3.8) is 0 Å². The van der Waals surface area contributed by atoms with Crippen molar-refractivity contribution in [3.8, 4) is 11.1 Å². The van der Waals surface area contributed by atoms with E-state index in [4.69, 9.17) is 0 Å². The van der Waals surface area contributed by atoms with E-state index in [0.29, 0.717) is 25.0 Å². The van der Waals surface area contributed by atoms with Crippen LogP contribution in [0, 0.1) is 23.4 Å². The Morgan fingerprint density at radius 3 is 2.26 bits per heavy atom. The van der Waals surface area contributed by atoms with E-state index < -0.39 is 62.2 Å². The minimum Gasteiger partial charge on any atom is -0.298 e. The van der Waals surface area contributed by atoms with Gasteiger partial charge in [-0.15, -0.1) is 0 Å². The lowest BCUT2D eigenvalue weighted by Gasteiger charge is -2.25. The Morgan fingerprint density at radius 2 is 1.63 bits per heavy atom. The van der Waals surface area contributed by atoms with Gasteiger partial charge in [-0.1, -0.05) is 0 Å². The summed E-state index contributed by atoms with van der Waals surface area (Å²) in [6, 6.07) is 2.08. The molecule has 0 radical (unpaired) electrons. The fourth-order valence-electron chi connectivity index (χ4n) is 4.89. The summed E-state index contributed by atoms with van der Waals surface area (Å²) in [6.45, 7) is 0. The van der Waals surface area contributed by atoms with Crippen LogP contribution in [0.15, 0.2) is 47.8 Å². The molecular formula is C24H18F6N4O3S. The summed E-state index contributed by atoms with van der Waals surface area (Å²) < 4.78 is 107. The minimum absolute atomic E-state index is 0.000551. The van der Waals surface area contributed by atoms with Crippen molar-refractivity contribution in [2.75, 3.05) is 0 Å². The van der Waals surface area contributed by atoms with Gasteiger partial charge in [0.15, 0.2) is 17.4 Å². The lowest BCUT2D eigenvalue weighted by atomic mass is 9.81. The molecule has 2 aliphatic heterocycles. The van der Waals surface area contributed by atoms with Crippen molar-refractivity contribution in [2.45, 2.75) is 48.8 Å². The number of rotatable bonds is 7. The average Bonchev–Trinajstić information content (AvgIpc) is 3.42. The van der Waals surface area contributed by atoms with Crippen LogP contribution in [0.1, 0.15) is 30.8 Å². The summed E-state index contributed by atoms with van der Waals surface area (Å²) in [5.41, 5.74) is 0.114. The Labute approximate surface area is 212 Å². The molecule has 1 atom stereocenters. The van der Waals surface area contributed by atoms with Gasteiger partial charge in [0.2, 0.25) is 15.8 Å². The minimum atomic E-state index is -4.76. The molecule has 2 aromatic heterocycles. The van der Waals surface area contributed by atoms with Crippen LogP contribution in [0.4, 0.5) is 26.3 Å². The van der Waals surface area contributed by atoms with Gasteiger partial charge in [0.25, 0.3) is 0 Å². The highest BCUT2D eigenvalue weighted by molar-refractivity contribution is 7.89. The molecule has 2 bridgehead atoms. The van der Waals surface area contributed by atoms with Crippen LogP contribution in [0.3, 0.4) is 0 Å². The zero-order valence-corrected chi connectivity index (χ0v) is 20.1. The summed E-state index contributed by atoms with van der Waals surface area (Å²) >= 11 is 0. The van der Waals surface area contributed by atoms with Crippen molar-refractivity contribution < 1.29 is 39.6 Å². The molecule has 2 saturated heterocycles. The normalized spacial score (nSPS) is 21.4. The number of pyridine rings is 1. The first kappa shape index (κ1) is 26.2. The molecule has 3 aromatic rings. The molecule has 0 amide bonds. The van der Waals surface area contributed by atoms with Gasteiger partial charge in [0.05, 0.1) is 17.1 Å². The molecule has 1 saturated carbocycles. The first-order chi connectivity index (χ1) is 17.9. The van der Waals surface area contributed by atoms with Crippen LogP contribution in [0.25, 0.3) is 11.1 Å². The number of nitrogens with zero attached hydrogens (tertiary/aromatic N) is 4. The van der Waals surface area contributed by atoms with Gasteiger partial charge in [-0.2, -0.15) is 17.5 Å². The fourth-order valence-corrected chi connectivity index (χ4v) is 6.78. The van der Waals surface area contributed by atoms with Crippen LogP contribution in [0.2, 0.25) is 0 Å². The summed E-state index contributed by atoms with van der Waals surface area (Å²) in [6.07, 6.45) is -1.46. The van der Waals surface area contributed by atoms with Gasteiger partial charge in [-0.05, 0) is 49.4 Å². The Hall–Kier alpha value is -3.39. The van der Waals surface area contributed by atoms with Crippen molar-refractivity contribution in [1.29, 1.82) is 0 Å². The summed E-state index contributed by atoms with van der Waals surface area (Å²) in [7, 11) is -4.28. The van der Waals surface area contributed by atoms with Crippen molar-refractivity contribution in [2.24, 2.45) is 5.92 Å². The number of Topliss-reactive ketones (excluding diaryl/α,β-unsaturated/α-hetero) is 1. The number of aromatic nitrogens is 3. The van der Waals surface area contributed by atoms with Crippen LogP contribution >= 0.6 is 0 Å². The molecule has 1 aromatic carbocycles. The second-order valence-electron chi connectivity index (χ2n) is 9.16. The number of fused-ring (bicyclic) bond motifs is 1. The maximum Gasteiger partial charge on any atom is 0.451 e. The third-order valence-electron chi connectivity index (χ3n) is 6.78. The van der Waals surface area contributed by atoms with E-state index in [-0.39, 0.29) is 35.6 Å². The molecular weight excluding hydrogens is 538 g/mol. The molecule has 14 heteroatoms.